The smallest absolute Gasteiger partial charge is 0.0198 e. The van der Waals surface area contributed by atoms with E-state index in [9.17, 15) is 0 Å². The zero-order valence-corrected chi connectivity index (χ0v) is 9.14. The summed E-state index contributed by atoms with van der Waals surface area (Å²) in [5.74, 6) is 0. The maximum Gasteiger partial charge on any atom is 0.0198 e. The third kappa shape index (κ3) is 2.53. The molecule has 0 spiro atoms. The van der Waals surface area contributed by atoms with Crippen LogP contribution < -0.4 is 0 Å². The first kappa shape index (κ1) is 10.1. The standard InChI is InChI=1S/C10H19NS/c1-8(2)11-6-4-10(5-7-11)9(3)12/h4,8-9,12H,5-7H2,1-3H3. The van der Waals surface area contributed by atoms with Gasteiger partial charge in [0.2, 0.25) is 0 Å². The largest absolute Gasteiger partial charge is 0.297 e. The van der Waals surface area contributed by atoms with E-state index in [-0.39, 0.29) is 0 Å². The fourth-order valence-electron chi connectivity index (χ4n) is 1.55. The van der Waals surface area contributed by atoms with Gasteiger partial charge in [0, 0.05) is 24.4 Å². The molecule has 1 aliphatic rings. The topological polar surface area (TPSA) is 3.24 Å². The van der Waals surface area contributed by atoms with Crippen LogP contribution in [-0.2, 0) is 0 Å². The van der Waals surface area contributed by atoms with Crippen LogP contribution in [0.25, 0.3) is 0 Å². The van der Waals surface area contributed by atoms with E-state index in [0.29, 0.717) is 11.3 Å². The molecule has 1 nitrogen and oxygen atoms in total. The van der Waals surface area contributed by atoms with Gasteiger partial charge < -0.3 is 0 Å². The molecule has 0 saturated carbocycles. The number of thiol groups is 1. The molecule has 1 rings (SSSR count). The molecule has 0 bridgehead atoms. The first-order valence-electron chi connectivity index (χ1n) is 4.72. The van der Waals surface area contributed by atoms with Crippen LogP contribution in [-0.4, -0.2) is 29.3 Å². The van der Waals surface area contributed by atoms with Gasteiger partial charge >= 0.3 is 0 Å². The van der Waals surface area contributed by atoms with Crippen molar-refractivity contribution in [1.82, 2.24) is 4.90 Å². The highest BCUT2D eigenvalue weighted by Gasteiger charge is 2.15. The van der Waals surface area contributed by atoms with Crippen LogP contribution >= 0.6 is 12.6 Å². The van der Waals surface area contributed by atoms with E-state index >= 15 is 0 Å². The molecule has 70 valence electrons. The van der Waals surface area contributed by atoms with Crippen molar-refractivity contribution >= 4 is 12.6 Å². The Bertz CT molecular complexity index is 173. The Morgan fingerprint density at radius 2 is 2.08 bits per heavy atom. The van der Waals surface area contributed by atoms with Gasteiger partial charge in [-0.25, -0.2) is 0 Å². The monoisotopic (exact) mass is 185 g/mol. The molecule has 0 aliphatic carbocycles. The number of hydrogen-bond donors (Lipinski definition) is 1. The first-order chi connectivity index (χ1) is 5.61. The number of nitrogens with zero attached hydrogens (tertiary/aromatic N) is 1. The van der Waals surface area contributed by atoms with Crippen LogP contribution in [0.1, 0.15) is 27.2 Å². The summed E-state index contributed by atoms with van der Waals surface area (Å²) in [6.07, 6.45) is 3.53. The molecule has 0 radical (unpaired) electrons. The highest BCUT2D eigenvalue weighted by molar-refractivity contribution is 7.81. The third-order valence-electron chi connectivity index (χ3n) is 2.54. The fourth-order valence-corrected chi connectivity index (χ4v) is 1.78. The maximum atomic E-state index is 4.44. The molecule has 0 aromatic rings. The van der Waals surface area contributed by atoms with E-state index < -0.39 is 0 Å². The zero-order valence-electron chi connectivity index (χ0n) is 8.25. The lowest BCUT2D eigenvalue weighted by Gasteiger charge is -2.30. The van der Waals surface area contributed by atoms with Crippen molar-refractivity contribution < 1.29 is 0 Å². The van der Waals surface area contributed by atoms with E-state index in [4.69, 9.17) is 0 Å². The highest BCUT2D eigenvalue weighted by atomic mass is 32.1. The summed E-state index contributed by atoms with van der Waals surface area (Å²) in [4.78, 5) is 2.49. The summed E-state index contributed by atoms with van der Waals surface area (Å²) >= 11 is 4.44. The molecule has 1 atom stereocenters. The summed E-state index contributed by atoms with van der Waals surface area (Å²) in [6.45, 7) is 8.97. The molecule has 1 aliphatic heterocycles. The van der Waals surface area contributed by atoms with Crippen molar-refractivity contribution in [3.63, 3.8) is 0 Å². The van der Waals surface area contributed by atoms with Crippen LogP contribution in [0.4, 0.5) is 0 Å². The minimum absolute atomic E-state index is 0.444. The van der Waals surface area contributed by atoms with Crippen LogP contribution in [0.2, 0.25) is 0 Å². The van der Waals surface area contributed by atoms with Crippen molar-refractivity contribution in [2.75, 3.05) is 13.1 Å². The molecule has 0 amide bonds. The minimum atomic E-state index is 0.444. The lowest BCUT2D eigenvalue weighted by atomic mass is 10.0. The summed E-state index contributed by atoms with van der Waals surface area (Å²) < 4.78 is 0. The van der Waals surface area contributed by atoms with Crippen molar-refractivity contribution in [3.8, 4) is 0 Å². The fraction of sp³-hybridized carbons (Fsp3) is 0.800. The quantitative estimate of drug-likeness (QED) is 0.510. The van der Waals surface area contributed by atoms with E-state index in [1.165, 1.54) is 18.5 Å². The average Bonchev–Trinajstić information content (AvgIpc) is 2.04. The van der Waals surface area contributed by atoms with Gasteiger partial charge in [0.05, 0.1) is 0 Å². The normalized spacial score (nSPS) is 22.6. The Kier molecular flexibility index (Phi) is 3.66. The van der Waals surface area contributed by atoms with E-state index in [1.54, 1.807) is 0 Å². The molecule has 0 fully saturated rings. The van der Waals surface area contributed by atoms with E-state index in [0.717, 1.165) is 6.54 Å². The molecular weight excluding hydrogens is 166 g/mol. The van der Waals surface area contributed by atoms with Crippen molar-refractivity contribution in [2.24, 2.45) is 0 Å². The lowest BCUT2D eigenvalue weighted by Crippen LogP contribution is -2.35. The van der Waals surface area contributed by atoms with Gasteiger partial charge in [0.25, 0.3) is 0 Å². The van der Waals surface area contributed by atoms with Gasteiger partial charge in [0.1, 0.15) is 0 Å². The molecule has 0 saturated heterocycles. The molecule has 0 N–H and O–H groups in total. The second-order valence-corrected chi connectivity index (χ2v) is 4.57. The highest BCUT2D eigenvalue weighted by Crippen LogP contribution is 2.18. The number of hydrogen-bond acceptors (Lipinski definition) is 2. The minimum Gasteiger partial charge on any atom is -0.297 e. The van der Waals surface area contributed by atoms with Crippen molar-refractivity contribution in [2.45, 2.75) is 38.5 Å². The van der Waals surface area contributed by atoms with Crippen molar-refractivity contribution in [1.29, 1.82) is 0 Å². The predicted octanol–water partition coefficient (Wildman–Crippen LogP) is 2.35. The van der Waals surface area contributed by atoms with Gasteiger partial charge in [-0.2, -0.15) is 12.6 Å². The molecule has 0 aromatic heterocycles. The van der Waals surface area contributed by atoms with Crippen LogP contribution in [0.15, 0.2) is 11.6 Å². The third-order valence-corrected chi connectivity index (χ3v) is 2.87. The Balaban J connectivity index is 2.47. The van der Waals surface area contributed by atoms with Gasteiger partial charge in [-0.1, -0.05) is 11.6 Å². The first-order valence-corrected chi connectivity index (χ1v) is 5.24. The van der Waals surface area contributed by atoms with E-state index in [1.807, 2.05) is 0 Å². The Labute approximate surface area is 81.2 Å². The summed E-state index contributed by atoms with van der Waals surface area (Å²) in [7, 11) is 0. The lowest BCUT2D eigenvalue weighted by molar-refractivity contribution is 0.238. The second kappa shape index (κ2) is 4.33. The summed E-state index contributed by atoms with van der Waals surface area (Å²) in [6, 6.07) is 0.679. The van der Waals surface area contributed by atoms with Gasteiger partial charge in [-0.15, -0.1) is 0 Å². The molecule has 12 heavy (non-hydrogen) atoms. The maximum absolute atomic E-state index is 4.44. The van der Waals surface area contributed by atoms with Gasteiger partial charge in [-0.3, -0.25) is 4.90 Å². The Morgan fingerprint density at radius 1 is 1.42 bits per heavy atom. The molecule has 2 heteroatoms. The van der Waals surface area contributed by atoms with Crippen molar-refractivity contribution in [3.05, 3.63) is 11.6 Å². The molecule has 0 aromatic carbocycles. The summed E-state index contributed by atoms with van der Waals surface area (Å²) in [5.41, 5.74) is 1.51. The van der Waals surface area contributed by atoms with E-state index in [2.05, 4.69) is 44.4 Å². The zero-order chi connectivity index (χ0) is 9.14. The molecule has 1 heterocycles. The molecule has 1 unspecified atom stereocenters. The second-order valence-electron chi connectivity index (χ2n) is 3.79. The van der Waals surface area contributed by atoms with Gasteiger partial charge in [-0.05, 0) is 27.2 Å². The average molecular weight is 185 g/mol. The Morgan fingerprint density at radius 3 is 2.42 bits per heavy atom. The summed E-state index contributed by atoms with van der Waals surface area (Å²) in [5, 5.41) is 0.444. The predicted molar refractivity (Wildman–Crippen MR) is 57.9 cm³/mol. The Hall–Kier alpha value is 0.0500. The van der Waals surface area contributed by atoms with Crippen LogP contribution in [0.3, 0.4) is 0 Å². The van der Waals surface area contributed by atoms with Gasteiger partial charge in [0.15, 0.2) is 0 Å². The van der Waals surface area contributed by atoms with Crippen LogP contribution in [0.5, 0.6) is 0 Å². The van der Waals surface area contributed by atoms with Crippen LogP contribution in [0, 0.1) is 0 Å². The SMILES string of the molecule is CC(S)C1=CCN(C(C)C)CC1. The molecular formula is C10H19NS. The number of rotatable bonds is 2.